The van der Waals surface area contributed by atoms with E-state index in [0.717, 1.165) is 12.2 Å². The van der Waals surface area contributed by atoms with Crippen molar-refractivity contribution in [1.82, 2.24) is 5.32 Å². The SMILES string of the molecule is CC(C)CCCSCCC(NC(=O)OC(C)(C)C)C(=O)O. The normalized spacial score (nSPS) is 13.0. The molecule has 0 rings (SSSR count). The summed E-state index contributed by atoms with van der Waals surface area (Å²) in [7, 11) is 0. The highest BCUT2D eigenvalue weighted by molar-refractivity contribution is 7.99. The first-order valence-corrected chi connectivity index (χ1v) is 8.57. The average Bonchev–Trinajstić information content (AvgIpc) is 2.28. The van der Waals surface area contributed by atoms with Crippen LogP contribution >= 0.6 is 11.8 Å². The molecule has 0 heterocycles. The first-order chi connectivity index (χ1) is 9.61. The lowest BCUT2D eigenvalue weighted by Crippen LogP contribution is -2.43. The van der Waals surface area contributed by atoms with Crippen LogP contribution in [0.4, 0.5) is 4.79 Å². The van der Waals surface area contributed by atoms with Gasteiger partial charge in [-0.25, -0.2) is 9.59 Å². The Balaban J connectivity index is 3.98. The molecule has 0 bridgehead atoms. The summed E-state index contributed by atoms with van der Waals surface area (Å²) in [6.07, 6.45) is 2.05. The smallest absolute Gasteiger partial charge is 0.408 e. The van der Waals surface area contributed by atoms with Gasteiger partial charge in [0.2, 0.25) is 0 Å². The van der Waals surface area contributed by atoms with Crippen molar-refractivity contribution in [3.05, 3.63) is 0 Å². The number of rotatable bonds is 9. The Kier molecular flexibility index (Phi) is 9.49. The second-order valence-corrected chi connectivity index (χ2v) is 7.70. The molecule has 0 saturated heterocycles. The van der Waals surface area contributed by atoms with Crippen molar-refractivity contribution in [1.29, 1.82) is 0 Å². The van der Waals surface area contributed by atoms with Crippen LogP contribution in [0.1, 0.15) is 53.9 Å². The lowest BCUT2D eigenvalue weighted by atomic mass is 10.1. The van der Waals surface area contributed by atoms with Crippen LogP contribution in [-0.4, -0.2) is 40.3 Å². The lowest BCUT2D eigenvalue weighted by molar-refractivity contribution is -0.139. The zero-order valence-corrected chi connectivity index (χ0v) is 14.6. The van der Waals surface area contributed by atoms with Gasteiger partial charge in [-0.3, -0.25) is 0 Å². The number of hydrogen-bond acceptors (Lipinski definition) is 4. The van der Waals surface area contributed by atoms with Gasteiger partial charge >= 0.3 is 12.1 Å². The Morgan fingerprint density at radius 1 is 1.19 bits per heavy atom. The molecule has 1 unspecified atom stereocenters. The molecule has 124 valence electrons. The summed E-state index contributed by atoms with van der Waals surface area (Å²) >= 11 is 1.73. The summed E-state index contributed by atoms with van der Waals surface area (Å²) in [4.78, 5) is 22.7. The first-order valence-electron chi connectivity index (χ1n) is 7.42. The molecule has 0 saturated carbocycles. The number of ether oxygens (including phenoxy) is 1. The molecule has 6 heteroatoms. The zero-order chi connectivity index (χ0) is 16.5. The van der Waals surface area contributed by atoms with Crippen molar-refractivity contribution < 1.29 is 19.4 Å². The fraction of sp³-hybridized carbons (Fsp3) is 0.867. The summed E-state index contributed by atoms with van der Waals surface area (Å²) in [5.41, 5.74) is -0.626. The maximum absolute atomic E-state index is 11.6. The predicted molar refractivity (Wildman–Crippen MR) is 86.8 cm³/mol. The van der Waals surface area contributed by atoms with E-state index in [0.29, 0.717) is 18.1 Å². The first kappa shape index (κ1) is 20.1. The quantitative estimate of drug-likeness (QED) is 0.636. The lowest BCUT2D eigenvalue weighted by Gasteiger charge is -2.21. The third-order valence-electron chi connectivity index (χ3n) is 2.61. The Morgan fingerprint density at radius 3 is 2.29 bits per heavy atom. The van der Waals surface area contributed by atoms with Crippen LogP contribution in [0.25, 0.3) is 0 Å². The highest BCUT2D eigenvalue weighted by Gasteiger charge is 2.23. The van der Waals surface area contributed by atoms with Crippen molar-refractivity contribution in [3.8, 4) is 0 Å². The number of carboxylic acids is 1. The summed E-state index contributed by atoms with van der Waals surface area (Å²) < 4.78 is 5.07. The van der Waals surface area contributed by atoms with E-state index in [1.165, 1.54) is 6.42 Å². The summed E-state index contributed by atoms with van der Waals surface area (Å²) in [6.45, 7) is 9.61. The average molecular weight is 319 g/mol. The molecule has 0 radical (unpaired) electrons. The van der Waals surface area contributed by atoms with Crippen LogP contribution in [0.2, 0.25) is 0 Å². The van der Waals surface area contributed by atoms with E-state index in [4.69, 9.17) is 9.84 Å². The molecule has 0 aromatic heterocycles. The van der Waals surface area contributed by atoms with Gasteiger partial charge in [0, 0.05) is 0 Å². The Bertz CT molecular complexity index is 326. The van der Waals surface area contributed by atoms with Crippen LogP contribution in [0.5, 0.6) is 0 Å². The number of alkyl carbamates (subject to hydrolysis) is 1. The van der Waals surface area contributed by atoms with E-state index in [1.807, 2.05) is 0 Å². The van der Waals surface area contributed by atoms with E-state index in [1.54, 1.807) is 32.5 Å². The molecule has 0 spiro atoms. The highest BCUT2D eigenvalue weighted by Crippen LogP contribution is 2.12. The van der Waals surface area contributed by atoms with Crippen molar-refractivity contribution in [2.75, 3.05) is 11.5 Å². The maximum atomic E-state index is 11.6. The van der Waals surface area contributed by atoms with Crippen molar-refractivity contribution >= 4 is 23.8 Å². The van der Waals surface area contributed by atoms with Crippen molar-refractivity contribution in [2.24, 2.45) is 5.92 Å². The summed E-state index contributed by atoms with van der Waals surface area (Å²) in [5.74, 6) is 1.41. The van der Waals surface area contributed by atoms with Crippen LogP contribution in [0.3, 0.4) is 0 Å². The minimum atomic E-state index is -1.02. The second-order valence-electron chi connectivity index (χ2n) is 6.47. The molecule has 0 aliphatic heterocycles. The Labute approximate surface area is 132 Å². The fourth-order valence-corrected chi connectivity index (χ4v) is 2.58. The van der Waals surface area contributed by atoms with Gasteiger partial charge < -0.3 is 15.2 Å². The van der Waals surface area contributed by atoms with E-state index in [2.05, 4.69) is 19.2 Å². The van der Waals surface area contributed by atoms with Crippen LogP contribution in [0.15, 0.2) is 0 Å². The van der Waals surface area contributed by atoms with Gasteiger partial charge in [0.15, 0.2) is 0 Å². The van der Waals surface area contributed by atoms with Gasteiger partial charge in [-0.2, -0.15) is 11.8 Å². The summed E-state index contributed by atoms with van der Waals surface area (Å²) in [6, 6.07) is -0.891. The van der Waals surface area contributed by atoms with E-state index in [-0.39, 0.29) is 0 Å². The van der Waals surface area contributed by atoms with Crippen LogP contribution in [0, 0.1) is 5.92 Å². The minimum absolute atomic E-state index is 0.404. The van der Waals surface area contributed by atoms with Crippen LogP contribution in [-0.2, 0) is 9.53 Å². The fourth-order valence-electron chi connectivity index (χ4n) is 1.60. The van der Waals surface area contributed by atoms with Crippen molar-refractivity contribution in [3.63, 3.8) is 0 Å². The monoisotopic (exact) mass is 319 g/mol. The van der Waals surface area contributed by atoms with Gasteiger partial charge in [0.1, 0.15) is 11.6 Å². The van der Waals surface area contributed by atoms with Gasteiger partial charge in [-0.1, -0.05) is 20.3 Å². The van der Waals surface area contributed by atoms with Crippen molar-refractivity contribution in [2.45, 2.75) is 65.5 Å². The number of nitrogens with one attached hydrogen (secondary N) is 1. The zero-order valence-electron chi connectivity index (χ0n) is 13.8. The number of carbonyl (C=O) groups excluding carboxylic acids is 1. The van der Waals surface area contributed by atoms with E-state index < -0.39 is 23.7 Å². The molecule has 0 aromatic carbocycles. The second kappa shape index (κ2) is 9.92. The number of carboxylic acid groups (broad SMARTS) is 1. The number of thioether (sulfide) groups is 1. The molecule has 0 aliphatic rings. The molecule has 21 heavy (non-hydrogen) atoms. The minimum Gasteiger partial charge on any atom is -0.480 e. The largest absolute Gasteiger partial charge is 0.480 e. The summed E-state index contributed by atoms with van der Waals surface area (Å²) in [5, 5.41) is 11.5. The van der Waals surface area contributed by atoms with Gasteiger partial charge in [0.25, 0.3) is 0 Å². The molecule has 0 aliphatic carbocycles. The van der Waals surface area contributed by atoms with Crippen LogP contribution < -0.4 is 5.32 Å². The number of aliphatic carboxylic acids is 1. The van der Waals surface area contributed by atoms with Gasteiger partial charge in [-0.15, -0.1) is 0 Å². The van der Waals surface area contributed by atoms with Gasteiger partial charge in [0.05, 0.1) is 0 Å². The molecule has 0 aromatic rings. The Morgan fingerprint density at radius 2 is 1.81 bits per heavy atom. The molecular weight excluding hydrogens is 290 g/mol. The molecule has 1 atom stereocenters. The third-order valence-corrected chi connectivity index (χ3v) is 3.71. The third kappa shape index (κ3) is 12.5. The predicted octanol–water partition coefficient (Wildman–Crippen LogP) is 3.52. The number of amides is 1. The molecule has 0 fully saturated rings. The topological polar surface area (TPSA) is 75.6 Å². The molecular formula is C15H29NO4S. The van der Waals surface area contributed by atoms with Gasteiger partial charge in [-0.05, 0) is 51.0 Å². The van der Waals surface area contributed by atoms with E-state index in [9.17, 15) is 9.59 Å². The molecule has 2 N–H and O–H groups in total. The number of hydrogen-bond donors (Lipinski definition) is 2. The number of carbonyl (C=O) groups is 2. The molecule has 5 nitrogen and oxygen atoms in total. The standard InChI is InChI=1S/C15H29NO4S/c1-11(2)7-6-9-21-10-8-12(13(17)18)16-14(19)20-15(3,4)5/h11-12H,6-10H2,1-5H3,(H,16,19)(H,17,18). The van der Waals surface area contributed by atoms with E-state index >= 15 is 0 Å². The maximum Gasteiger partial charge on any atom is 0.408 e. The molecule has 1 amide bonds. The Hall–Kier alpha value is -0.910. The highest BCUT2D eigenvalue weighted by atomic mass is 32.2.